The molecule has 2 aromatic heterocycles. The van der Waals surface area contributed by atoms with Crippen molar-refractivity contribution in [3.05, 3.63) is 51.6 Å². The summed E-state index contributed by atoms with van der Waals surface area (Å²) in [5.41, 5.74) is 2.97. The van der Waals surface area contributed by atoms with Gasteiger partial charge in [-0.25, -0.2) is 14.8 Å². The molecule has 0 amide bonds. The lowest BCUT2D eigenvalue weighted by Gasteiger charge is -2.09. The first-order chi connectivity index (χ1) is 10.6. The maximum atomic E-state index is 11.6. The van der Waals surface area contributed by atoms with Crippen molar-refractivity contribution >= 4 is 45.7 Å². The number of hydrogen-bond acceptors (Lipinski definition) is 5. The summed E-state index contributed by atoms with van der Waals surface area (Å²) in [6, 6.07) is 5.43. The fourth-order valence-corrected chi connectivity index (χ4v) is 2.72. The van der Waals surface area contributed by atoms with E-state index in [2.05, 4.69) is 37.9 Å². The van der Waals surface area contributed by atoms with E-state index in [1.165, 1.54) is 7.11 Å². The van der Waals surface area contributed by atoms with Gasteiger partial charge in [0.15, 0.2) is 11.5 Å². The number of nitrogens with zero attached hydrogens (tertiary/aromatic N) is 3. The molecular weight excluding hydrogens is 395 g/mol. The maximum absolute atomic E-state index is 11.6. The Bertz CT molecular complexity index is 860. The van der Waals surface area contributed by atoms with Crippen LogP contribution in [0.15, 0.2) is 36.8 Å². The number of aryl methyl sites for hydroxylation is 1. The third kappa shape index (κ3) is 2.63. The second-order valence-corrected chi connectivity index (χ2v) is 5.80. The predicted molar refractivity (Wildman–Crippen MR) is 91.5 cm³/mol. The Morgan fingerprint density at radius 1 is 1.36 bits per heavy atom. The topological polar surface area (TPSA) is 68.5 Å². The number of ether oxygens (including phenoxy) is 1. The van der Waals surface area contributed by atoms with Crippen LogP contribution in [0.2, 0.25) is 0 Å². The van der Waals surface area contributed by atoms with Gasteiger partial charge in [-0.15, -0.1) is 0 Å². The molecule has 0 radical (unpaired) electrons. The summed E-state index contributed by atoms with van der Waals surface area (Å²) >= 11 is 2.22. The first kappa shape index (κ1) is 14.8. The van der Waals surface area contributed by atoms with Gasteiger partial charge in [0.1, 0.15) is 3.70 Å². The average molecular weight is 408 g/mol. The molecule has 0 aliphatic rings. The number of aromatic nitrogens is 3. The van der Waals surface area contributed by atoms with Crippen LogP contribution >= 0.6 is 22.6 Å². The molecule has 0 saturated heterocycles. The number of benzene rings is 1. The monoisotopic (exact) mass is 408 g/mol. The van der Waals surface area contributed by atoms with E-state index in [1.54, 1.807) is 18.5 Å². The Labute approximate surface area is 140 Å². The van der Waals surface area contributed by atoms with E-state index in [4.69, 9.17) is 4.74 Å². The molecule has 0 unspecified atom stereocenters. The molecule has 0 saturated carbocycles. The van der Waals surface area contributed by atoms with Crippen LogP contribution in [0.5, 0.6) is 0 Å². The Kier molecular flexibility index (Phi) is 3.97. The zero-order valence-electron chi connectivity index (χ0n) is 12.0. The highest BCUT2D eigenvalue weighted by Crippen LogP contribution is 2.22. The van der Waals surface area contributed by atoms with E-state index >= 15 is 0 Å². The fraction of sp³-hybridized carbons (Fsp3) is 0.133. The zero-order chi connectivity index (χ0) is 15.7. The predicted octanol–water partition coefficient (Wildman–Crippen LogP) is 3.17. The largest absolute Gasteiger partial charge is 0.465 e. The summed E-state index contributed by atoms with van der Waals surface area (Å²) in [6.07, 6.45) is 5.37. The van der Waals surface area contributed by atoms with E-state index in [1.807, 2.05) is 29.7 Å². The second kappa shape index (κ2) is 5.91. The molecule has 0 atom stereocenters. The Morgan fingerprint density at radius 3 is 2.91 bits per heavy atom. The van der Waals surface area contributed by atoms with Crippen molar-refractivity contribution in [1.82, 2.24) is 14.4 Å². The summed E-state index contributed by atoms with van der Waals surface area (Å²) in [6.45, 7) is 1.86. The lowest BCUT2D eigenvalue weighted by molar-refractivity contribution is 0.0600. The highest BCUT2D eigenvalue weighted by atomic mass is 127. The number of anilines is 2. The van der Waals surface area contributed by atoms with E-state index in [-0.39, 0.29) is 5.97 Å². The van der Waals surface area contributed by atoms with Crippen LogP contribution in [0.25, 0.3) is 5.65 Å². The first-order valence-corrected chi connectivity index (χ1v) is 7.61. The molecule has 1 aromatic carbocycles. The number of halogens is 1. The third-order valence-corrected chi connectivity index (χ3v) is 4.08. The van der Waals surface area contributed by atoms with Crippen molar-refractivity contribution in [3.8, 4) is 0 Å². The van der Waals surface area contributed by atoms with Crippen molar-refractivity contribution in [2.75, 3.05) is 12.4 Å². The number of methoxy groups -OCH3 is 1. The van der Waals surface area contributed by atoms with Crippen LogP contribution in [0.4, 0.5) is 11.5 Å². The van der Waals surface area contributed by atoms with Crippen molar-refractivity contribution in [3.63, 3.8) is 0 Å². The molecule has 3 aromatic rings. The van der Waals surface area contributed by atoms with Crippen LogP contribution < -0.4 is 5.32 Å². The molecule has 22 heavy (non-hydrogen) atoms. The summed E-state index contributed by atoms with van der Waals surface area (Å²) < 4.78 is 7.71. The third-order valence-electron chi connectivity index (χ3n) is 3.28. The van der Waals surface area contributed by atoms with Gasteiger partial charge in [-0.05, 0) is 53.3 Å². The van der Waals surface area contributed by atoms with E-state index in [0.717, 1.165) is 20.6 Å². The lowest BCUT2D eigenvalue weighted by Crippen LogP contribution is -2.04. The summed E-state index contributed by atoms with van der Waals surface area (Å²) in [7, 11) is 1.37. The highest BCUT2D eigenvalue weighted by molar-refractivity contribution is 14.1. The molecule has 1 N–H and O–H groups in total. The fourth-order valence-electron chi connectivity index (χ4n) is 2.19. The molecule has 7 heteroatoms. The summed E-state index contributed by atoms with van der Waals surface area (Å²) in [5.74, 6) is 0.322. The van der Waals surface area contributed by atoms with Gasteiger partial charge in [-0.1, -0.05) is 0 Å². The molecule has 2 heterocycles. The smallest absolute Gasteiger partial charge is 0.338 e. The van der Waals surface area contributed by atoms with E-state index in [9.17, 15) is 4.79 Å². The van der Waals surface area contributed by atoms with Crippen LogP contribution in [0, 0.1) is 10.6 Å². The number of nitrogens with one attached hydrogen (secondary N) is 1. The number of imidazole rings is 1. The van der Waals surface area contributed by atoms with Gasteiger partial charge >= 0.3 is 5.97 Å². The number of rotatable bonds is 3. The van der Waals surface area contributed by atoms with Crippen LogP contribution in [-0.4, -0.2) is 27.4 Å². The molecule has 112 valence electrons. The number of carbonyl (C=O) groups excluding carboxylic acids is 1. The molecule has 6 nitrogen and oxygen atoms in total. The second-order valence-electron chi connectivity index (χ2n) is 4.70. The molecule has 0 aliphatic carbocycles. The van der Waals surface area contributed by atoms with Gasteiger partial charge < -0.3 is 10.1 Å². The molecule has 0 bridgehead atoms. The molecular formula is C15H13IN4O2. The Morgan fingerprint density at radius 2 is 2.18 bits per heavy atom. The minimum absolute atomic E-state index is 0.341. The minimum atomic E-state index is -0.341. The quantitative estimate of drug-likeness (QED) is 0.533. The Balaban J connectivity index is 1.95. The van der Waals surface area contributed by atoms with Gasteiger partial charge in [-0.3, -0.25) is 4.40 Å². The molecule has 0 aliphatic heterocycles. The lowest BCUT2D eigenvalue weighted by atomic mass is 10.1. The first-order valence-electron chi connectivity index (χ1n) is 6.53. The van der Waals surface area contributed by atoms with Gasteiger partial charge in [0.05, 0.1) is 18.9 Å². The van der Waals surface area contributed by atoms with Crippen LogP contribution in [0.1, 0.15) is 15.9 Å². The van der Waals surface area contributed by atoms with Crippen molar-refractivity contribution in [1.29, 1.82) is 0 Å². The van der Waals surface area contributed by atoms with Crippen molar-refractivity contribution in [2.24, 2.45) is 0 Å². The van der Waals surface area contributed by atoms with Crippen LogP contribution in [0.3, 0.4) is 0 Å². The zero-order valence-corrected chi connectivity index (χ0v) is 14.2. The van der Waals surface area contributed by atoms with E-state index < -0.39 is 0 Å². The van der Waals surface area contributed by atoms with Crippen molar-refractivity contribution < 1.29 is 9.53 Å². The summed E-state index contributed by atoms with van der Waals surface area (Å²) in [4.78, 5) is 20.3. The molecule has 0 fully saturated rings. The van der Waals surface area contributed by atoms with Gasteiger partial charge in [0.2, 0.25) is 0 Å². The normalized spacial score (nSPS) is 10.7. The highest BCUT2D eigenvalue weighted by Gasteiger charge is 2.11. The van der Waals surface area contributed by atoms with Crippen molar-refractivity contribution in [2.45, 2.75) is 6.92 Å². The van der Waals surface area contributed by atoms with E-state index in [0.29, 0.717) is 11.4 Å². The van der Waals surface area contributed by atoms with Gasteiger partial charge in [0.25, 0.3) is 0 Å². The standard InChI is InChI=1S/C15H13IN4O2/c1-9-7-10(3-4-11(9)15(21)22-2)19-13-14-18-8-12(16)20(14)6-5-17-13/h3-8H,1-2H3,(H,17,19). The van der Waals surface area contributed by atoms with Gasteiger partial charge in [0, 0.05) is 18.1 Å². The van der Waals surface area contributed by atoms with Crippen LogP contribution in [-0.2, 0) is 4.74 Å². The number of hydrogen-bond donors (Lipinski definition) is 1. The maximum Gasteiger partial charge on any atom is 0.338 e. The Hall–Kier alpha value is -2.16. The SMILES string of the molecule is COC(=O)c1ccc(Nc2nccn3c(I)cnc23)cc1C. The summed E-state index contributed by atoms with van der Waals surface area (Å²) in [5, 5.41) is 3.24. The minimum Gasteiger partial charge on any atom is -0.465 e. The molecule has 3 rings (SSSR count). The number of fused-ring (bicyclic) bond motifs is 1. The molecule has 0 spiro atoms. The number of carbonyl (C=O) groups is 1. The number of esters is 1. The average Bonchev–Trinajstić information content (AvgIpc) is 2.89. The van der Waals surface area contributed by atoms with Gasteiger partial charge in [-0.2, -0.15) is 0 Å².